The van der Waals surface area contributed by atoms with E-state index in [4.69, 9.17) is 21.3 Å². The summed E-state index contributed by atoms with van der Waals surface area (Å²) in [6.45, 7) is 16.1. The summed E-state index contributed by atoms with van der Waals surface area (Å²) in [5.74, 6) is -3.76. The first kappa shape index (κ1) is 32.2. The number of benzene rings is 2. The molecule has 1 aromatic heterocycles. The average Bonchev–Trinajstić information content (AvgIpc) is 3.75. The highest BCUT2D eigenvalue weighted by molar-refractivity contribution is 5.97. The first-order valence-electron chi connectivity index (χ1n) is 16.6. The van der Waals surface area contributed by atoms with Gasteiger partial charge in [0.05, 0.1) is 25.4 Å². The number of hydrogen-bond acceptors (Lipinski definition) is 7. The Morgan fingerprint density at radius 3 is 2.58 bits per heavy atom. The number of ether oxygens (including phenoxy) is 1. The Morgan fingerprint density at radius 1 is 1.08 bits per heavy atom. The Labute approximate surface area is 278 Å². The summed E-state index contributed by atoms with van der Waals surface area (Å²) in [5, 5.41) is 2.38. The van der Waals surface area contributed by atoms with Crippen molar-refractivity contribution >= 4 is 28.2 Å². The van der Waals surface area contributed by atoms with Gasteiger partial charge in [-0.15, -0.1) is 0 Å². The maximum Gasteiger partial charge on any atom is 0.318 e. The normalized spacial score (nSPS) is 21.6. The van der Waals surface area contributed by atoms with E-state index >= 15 is 0 Å². The zero-order chi connectivity index (χ0) is 33.6. The average molecular weight is 660 g/mol. The van der Waals surface area contributed by atoms with Gasteiger partial charge in [0, 0.05) is 67.7 Å². The molecule has 1 atom stereocenters. The molecule has 3 fully saturated rings. The number of anilines is 2. The van der Waals surface area contributed by atoms with E-state index in [1.165, 1.54) is 21.2 Å². The minimum absolute atomic E-state index is 0.0262. The number of halogens is 3. The van der Waals surface area contributed by atoms with E-state index in [0.717, 1.165) is 36.3 Å². The van der Waals surface area contributed by atoms with Gasteiger partial charge in [-0.25, -0.2) is 19.7 Å². The molecule has 1 amide bonds. The predicted octanol–water partition coefficient (Wildman–Crippen LogP) is 5.42. The fourth-order valence-corrected chi connectivity index (χ4v) is 7.58. The molecule has 3 aliphatic heterocycles. The van der Waals surface area contributed by atoms with Gasteiger partial charge in [0.1, 0.15) is 11.9 Å². The summed E-state index contributed by atoms with van der Waals surface area (Å²) in [6, 6.07) is 12.3. The Kier molecular flexibility index (Phi) is 8.44. The van der Waals surface area contributed by atoms with E-state index in [9.17, 15) is 18.0 Å². The highest BCUT2D eigenvalue weighted by atomic mass is 19.3. The van der Waals surface area contributed by atoms with Gasteiger partial charge in [-0.1, -0.05) is 36.9 Å². The van der Waals surface area contributed by atoms with Crippen molar-refractivity contribution in [3.63, 3.8) is 0 Å². The van der Waals surface area contributed by atoms with E-state index in [-0.39, 0.29) is 37.5 Å². The van der Waals surface area contributed by atoms with Crippen molar-refractivity contribution in [3.05, 3.63) is 77.0 Å². The highest BCUT2D eigenvalue weighted by Gasteiger charge is 2.48. The lowest BCUT2D eigenvalue weighted by Gasteiger charge is -2.41. The van der Waals surface area contributed by atoms with Crippen LogP contribution in [0.3, 0.4) is 0 Å². The molecule has 9 nitrogen and oxygen atoms in total. The van der Waals surface area contributed by atoms with Crippen molar-refractivity contribution in [3.8, 4) is 6.01 Å². The Morgan fingerprint density at radius 2 is 1.88 bits per heavy atom. The molecule has 2 aromatic carbocycles. The van der Waals surface area contributed by atoms with Gasteiger partial charge in [-0.2, -0.15) is 9.97 Å². The molecule has 252 valence electrons. The highest BCUT2D eigenvalue weighted by Crippen LogP contribution is 2.48. The van der Waals surface area contributed by atoms with Gasteiger partial charge < -0.3 is 24.3 Å². The molecule has 1 saturated carbocycles. The Hall–Kier alpha value is -4.37. The zero-order valence-electron chi connectivity index (χ0n) is 27.2. The summed E-state index contributed by atoms with van der Waals surface area (Å²) >= 11 is 0. The number of likely N-dealkylation sites (tertiary alicyclic amines) is 1. The summed E-state index contributed by atoms with van der Waals surface area (Å²) < 4.78 is 48.0. The molecule has 12 heteroatoms. The quantitative estimate of drug-likeness (QED) is 0.225. The lowest BCUT2D eigenvalue weighted by Crippen LogP contribution is -2.57. The number of aromatic nitrogens is 2. The summed E-state index contributed by atoms with van der Waals surface area (Å²) in [6.07, 6.45) is 2.36. The molecule has 0 radical (unpaired) electrons. The van der Waals surface area contributed by atoms with E-state index in [1.54, 1.807) is 0 Å². The predicted molar refractivity (Wildman–Crippen MR) is 178 cm³/mol. The van der Waals surface area contributed by atoms with Gasteiger partial charge in [0.15, 0.2) is 5.83 Å². The number of alkyl halides is 2. The molecule has 3 aromatic rings. The first-order valence-corrected chi connectivity index (χ1v) is 16.6. The molecule has 48 heavy (non-hydrogen) atoms. The fourth-order valence-electron chi connectivity index (χ4n) is 7.58. The van der Waals surface area contributed by atoms with Gasteiger partial charge >= 0.3 is 6.01 Å². The van der Waals surface area contributed by atoms with Gasteiger partial charge in [-0.05, 0) is 43.2 Å². The molecule has 0 bridgehead atoms. The molecule has 0 N–H and O–H groups in total. The van der Waals surface area contributed by atoms with Crippen molar-refractivity contribution in [1.82, 2.24) is 19.8 Å². The number of carbonyl (C=O) groups excluding carboxylic acids is 1. The SMILES string of the molecule is [C-]#[N+]CC1CN(c2nc(OCC3(CN4CCC(F)(F)C4)CC3)nc3c2CCN(c2cccc4cccc(C)c24)C3)CCN1C(=O)C(=C)F. The van der Waals surface area contributed by atoms with Crippen molar-refractivity contribution in [2.45, 2.75) is 51.1 Å². The topological polar surface area (TPSA) is 69.4 Å². The fraction of sp³-hybridized carbons (Fsp3) is 0.500. The standard InChI is InChI=1S/C36H40F3N7O2/c1-24-6-4-7-26-8-5-9-30(31(24)26)44-14-10-28-29(20-44)41-34(48-23-35(11-12-35)21-43-15-13-36(38,39)22-43)42-32(28)45-16-17-46(33(47)25(2)37)27(19-45)18-40-3/h4-9,27H,2,10-23H2,1H3. The van der Waals surface area contributed by atoms with Crippen LogP contribution in [0.25, 0.3) is 15.6 Å². The molecule has 1 aliphatic carbocycles. The molecule has 4 heterocycles. The maximum absolute atomic E-state index is 13.9. The number of hydrogen-bond donors (Lipinski definition) is 0. The first-order chi connectivity index (χ1) is 23.0. The number of nitrogens with zero attached hydrogens (tertiary/aromatic N) is 7. The van der Waals surface area contributed by atoms with Crippen molar-refractivity contribution < 1.29 is 22.7 Å². The maximum atomic E-state index is 13.9. The minimum atomic E-state index is -2.64. The second kappa shape index (κ2) is 12.6. The van der Waals surface area contributed by atoms with E-state index in [0.29, 0.717) is 51.6 Å². The number of carbonyl (C=O) groups is 1. The summed E-state index contributed by atoms with van der Waals surface area (Å²) in [4.78, 5) is 33.6. The number of fused-ring (bicyclic) bond motifs is 2. The van der Waals surface area contributed by atoms with Crippen LogP contribution in [0.5, 0.6) is 6.01 Å². The monoisotopic (exact) mass is 659 g/mol. The summed E-state index contributed by atoms with van der Waals surface area (Å²) in [5.41, 5.74) is 3.96. The molecular weight excluding hydrogens is 619 g/mol. The van der Waals surface area contributed by atoms with Crippen LogP contribution in [-0.4, -0.2) is 96.6 Å². The Bertz CT molecular complexity index is 1780. The molecular formula is C36H40F3N7O2. The number of amides is 1. The molecule has 4 aliphatic rings. The van der Waals surface area contributed by atoms with Gasteiger partial charge in [0.2, 0.25) is 6.54 Å². The van der Waals surface area contributed by atoms with Crippen LogP contribution in [0, 0.1) is 18.9 Å². The van der Waals surface area contributed by atoms with Gasteiger partial charge in [-0.3, -0.25) is 9.69 Å². The molecule has 2 saturated heterocycles. The zero-order valence-corrected chi connectivity index (χ0v) is 27.2. The van der Waals surface area contributed by atoms with Crippen LogP contribution in [-0.2, 0) is 17.8 Å². The second-order valence-electron chi connectivity index (χ2n) is 13.8. The van der Waals surface area contributed by atoms with Crippen molar-refractivity contribution in [2.75, 3.05) is 68.8 Å². The van der Waals surface area contributed by atoms with E-state index in [1.807, 2.05) is 4.90 Å². The van der Waals surface area contributed by atoms with Crippen LogP contribution in [0.1, 0.15) is 36.1 Å². The van der Waals surface area contributed by atoms with Crippen LogP contribution in [0.15, 0.2) is 48.8 Å². The van der Waals surface area contributed by atoms with Crippen LogP contribution in [0.2, 0.25) is 0 Å². The number of aryl methyl sites for hydroxylation is 1. The lowest BCUT2D eigenvalue weighted by molar-refractivity contribution is -0.131. The van der Waals surface area contributed by atoms with Crippen LogP contribution < -0.4 is 14.5 Å². The van der Waals surface area contributed by atoms with Crippen molar-refractivity contribution in [2.24, 2.45) is 5.41 Å². The number of piperazine rings is 1. The van der Waals surface area contributed by atoms with Gasteiger partial charge in [0.25, 0.3) is 11.8 Å². The third-order valence-electron chi connectivity index (χ3n) is 10.3. The lowest BCUT2D eigenvalue weighted by atomic mass is 9.99. The second-order valence-corrected chi connectivity index (χ2v) is 13.8. The van der Waals surface area contributed by atoms with E-state index in [2.05, 4.69) is 64.5 Å². The Balaban J connectivity index is 1.19. The molecule has 7 rings (SSSR count). The van der Waals surface area contributed by atoms with Crippen LogP contribution in [0.4, 0.5) is 24.7 Å². The van der Waals surface area contributed by atoms with Crippen molar-refractivity contribution in [1.29, 1.82) is 0 Å². The molecule has 1 unspecified atom stereocenters. The minimum Gasteiger partial charge on any atom is -0.463 e. The third kappa shape index (κ3) is 6.40. The largest absolute Gasteiger partial charge is 0.463 e. The summed E-state index contributed by atoms with van der Waals surface area (Å²) in [7, 11) is 0. The van der Waals surface area contributed by atoms with Crippen LogP contribution >= 0.6 is 0 Å². The smallest absolute Gasteiger partial charge is 0.318 e. The third-order valence-corrected chi connectivity index (χ3v) is 10.3. The number of rotatable bonds is 9. The molecule has 0 spiro atoms. The van der Waals surface area contributed by atoms with E-state index < -0.39 is 23.7 Å².